The van der Waals surface area contributed by atoms with Crippen molar-refractivity contribution in [2.45, 2.75) is 51.9 Å². The topological polar surface area (TPSA) is 17.1 Å². The number of rotatable bonds is 9. The number of unbranched alkanes of at least 4 members (excludes halogenated alkanes) is 3. The standard InChI is InChI=1S/C12H22O/c1-3-4-6-9-12(2)10-7-5-8-11-13/h3,11-12H,1,4-10H2,2H3. The number of aldehydes is 1. The van der Waals surface area contributed by atoms with Gasteiger partial charge in [-0.15, -0.1) is 6.58 Å². The van der Waals surface area contributed by atoms with Crippen molar-refractivity contribution in [1.82, 2.24) is 0 Å². The number of hydrogen-bond donors (Lipinski definition) is 0. The van der Waals surface area contributed by atoms with E-state index in [0.29, 0.717) is 0 Å². The summed E-state index contributed by atoms with van der Waals surface area (Å²) in [5.41, 5.74) is 0. The maximum Gasteiger partial charge on any atom is 0.119 e. The summed E-state index contributed by atoms with van der Waals surface area (Å²) in [7, 11) is 0. The van der Waals surface area contributed by atoms with Gasteiger partial charge in [0.2, 0.25) is 0 Å². The fourth-order valence-corrected chi connectivity index (χ4v) is 1.48. The van der Waals surface area contributed by atoms with Crippen LogP contribution in [0.2, 0.25) is 0 Å². The lowest BCUT2D eigenvalue weighted by Crippen LogP contribution is -1.94. The Kier molecular flexibility index (Phi) is 9.07. The molecule has 0 N–H and O–H groups in total. The minimum atomic E-state index is 0.735. The van der Waals surface area contributed by atoms with Crippen LogP contribution in [0.15, 0.2) is 12.7 Å². The lowest BCUT2D eigenvalue weighted by Gasteiger charge is -2.09. The van der Waals surface area contributed by atoms with Crippen LogP contribution in [0.4, 0.5) is 0 Å². The molecule has 0 rings (SSSR count). The van der Waals surface area contributed by atoms with Gasteiger partial charge in [0.1, 0.15) is 6.29 Å². The summed E-state index contributed by atoms with van der Waals surface area (Å²) >= 11 is 0. The molecule has 0 saturated heterocycles. The Morgan fingerprint density at radius 1 is 1.15 bits per heavy atom. The van der Waals surface area contributed by atoms with Crippen LogP contribution in [-0.2, 0) is 4.79 Å². The van der Waals surface area contributed by atoms with E-state index in [2.05, 4.69) is 13.5 Å². The molecule has 0 aliphatic rings. The molecule has 13 heavy (non-hydrogen) atoms. The third-order valence-electron chi connectivity index (χ3n) is 2.37. The predicted octanol–water partition coefficient (Wildman–Crippen LogP) is 3.74. The highest BCUT2D eigenvalue weighted by Crippen LogP contribution is 2.15. The number of carbonyl (C=O) groups is 1. The van der Waals surface area contributed by atoms with Crippen molar-refractivity contribution in [2.75, 3.05) is 0 Å². The average Bonchev–Trinajstić information content (AvgIpc) is 2.13. The molecule has 1 atom stereocenters. The Morgan fingerprint density at radius 2 is 1.85 bits per heavy atom. The monoisotopic (exact) mass is 182 g/mol. The Bertz CT molecular complexity index is 129. The van der Waals surface area contributed by atoms with Crippen molar-refractivity contribution in [2.24, 2.45) is 5.92 Å². The summed E-state index contributed by atoms with van der Waals surface area (Å²) in [5, 5.41) is 0. The first kappa shape index (κ1) is 12.4. The van der Waals surface area contributed by atoms with Gasteiger partial charge in [-0.2, -0.15) is 0 Å². The summed E-state index contributed by atoms with van der Waals surface area (Å²) in [6, 6.07) is 0. The summed E-state index contributed by atoms with van der Waals surface area (Å²) in [4.78, 5) is 10.0. The first-order valence-corrected chi connectivity index (χ1v) is 5.35. The van der Waals surface area contributed by atoms with Gasteiger partial charge >= 0.3 is 0 Å². The second kappa shape index (κ2) is 9.50. The van der Waals surface area contributed by atoms with Crippen LogP contribution >= 0.6 is 0 Å². The highest BCUT2D eigenvalue weighted by atomic mass is 16.1. The molecule has 0 aromatic carbocycles. The largest absolute Gasteiger partial charge is 0.303 e. The van der Waals surface area contributed by atoms with Crippen LogP contribution in [0.3, 0.4) is 0 Å². The molecule has 0 heterocycles. The summed E-state index contributed by atoms with van der Waals surface area (Å²) in [6.07, 6.45) is 11.0. The molecular weight excluding hydrogens is 160 g/mol. The van der Waals surface area contributed by atoms with Crippen LogP contribution in [0.5, 0.6) is 0 Å². The first-order chi connectivity index (χ1) is 6.31. The van der Waals surface area contributed by atoms with Gasteiger partial charge in [-0.1, -0.05) is 32.3 Å². The number of allylic oxidation sites excluding steroid dienone is 1. The molecule has 0 aromatic rings. The van der Waals surface area contributed by atoms with Gasteiger partial charge in [-0.3, -0.25) is 0 Å². The highest BCUT2D eigenvalue weighted by Gasteiger charge is 2.00. The Hall–Kier alpha value is -0.590. The minimum Gasteiger partial charge on any atom is -0.303 e. The lowest BCUT2D eigenvalue weighted by atomic mass is 9.97. The van der Waals surface area contributed by atoms with E-state index in [9.17, 15) is 4.79 Å². The van der Waals surface area contributed by atoms with Crippen molar-refractivity contribution in [3.63, 3.8) is 0 Å². The summed E-state index contributed by atoms with van der Waals surface area (Å²) < 4.78 is 0. The molecule has 0 bridgehead atoms. The zero-order valence-corrected chi connectivity index (χ0v) is 8.80. The number of hydrogen-bond acceptors (Lipinski definition) is 1. The van der Waals surface area contributed by atoms with Gasteiger partial charge in [0, 0.05) is 6.42 Å². The molecule has 0 fully saturated rings. The van der Waals surface area contributed by atoms with Gasteiger partial charge in [0.25, 0.3) is 0 Å². The van der Waals surface area contributed by atoms with Gasteiger partial charge in [0.15, 0.2) is 0 Å². The Morgan fingerprint density at radius 3 is 2.46 bits per heavy atom. The van der Waals surface area contributed by atoms with Gasteiger partial charge < -0.3 is 4.79 Å². The summed E-state index contributed by atoms with van der Waals surface area (Å²) in [5.74, 6) is 0.812. The third kappa shape index (κ3) is 9.32. The molecule has 0 aromatic heterocycles. The van der Waals surface area contributed by atoms with E-state index < -0.39 is 0 Å². The van der Waals surface area contributed by atoms with Crippen molar-refractivity contribution >= 4 is 6.29 Å². The molecule has 1 unspecified atom stereocenters. The maximum absolute atomic E-state index is 10.0. The second-order valence-corrected chi connectivity index (χ2v) is 3.78. The molecule has 1 heteroatoms. The molecule has 0 aliphatic carbocycles. The summed E-state index contributed by atoms with van der Waals surface area (Å²) in [6.45, 7) is 6.00. The third-order valence-corrected chi connectivity index (χ3v) is 2.37. The molecular formula is C12H22O. The average molecular weight is 182 g/mol. The van der Waals surface area contributed by atoms with Crippen LogP contribution in [0.25, 0.3) is 0 Å². The molecule has 0 aliphatic heterocycles. The van der Waals surface area contributed by atoms with E-state index in [1.165, 1.54) is 25.7 Å². The fourth-order valence-electron chi connectivity index (χ4n) is 1.48. The van der Waals surface area contributed by atoms with Gasteiger partial charge in [0.05, 0.1) is 0 Å². The van der Waals surface area contributed by atoms with Crippen LogP contribution in [0.1, 0.15) is 51.9 Å². The van der Waals surface area contributed by atoms with E-state index in [-0.39, 0.29) is 0 Å². The molecule has 76 valence electrons. The molecule has 1 nitrogen and oxygen atoms in total. The van der Waals surface area contributed by atoms with Crippen molar-refractivity contribution in [3.8, 4) is 0 Å². The van der Waals surface area contributed by atoms with E-state index in [1.54, 1.807) is 0 Å². The van der Waals surface area contributed by atoms with E-state index in [1.807, 2.05) is 6.08 Å². The normalized spacial score (nSPS) is 12.4. The van der Waals surface area contributed by atoms with Crippen LogP contribution in [-0.4, -0.2) is 6.29 Å². The molecule has 0 spiro atoms. The Balaban J connectivity index is 3.14. The minimum absolute atomic E-state index is 0.735. The van der Waals surface area contributed by atoms with Crippen molar-refractivity contribution in [1.29, 1.82) is 0 Å². The smallest absolute Gasteiger partial charge is 0.119 e. The highest BCUT2D eigenvalue weighted by molar-refractivity contribution is 5.48. The zero-order valence-electron chi connectivity index (χ0n) is 8.80. The first-order valence-electron chi connectivity index (χ1n) is 5.35. The van der Waals surface area contributed by atoms with E-state index >= 15 is 0 Å². The zero-order chi connectivity index (χ0) is 9.94. The van der Waals surface area contributed by atoms with Gasteiger partial charge in [-0.25, -0.2) is 0 Å². The maximum atomic E-state index is 10.0. The van der Waals surface area contributed by atoms with Gasteiger partial charge in [-0.05, 0) is 25.2 Å². The van der Waals surface area contributed by atoms with E-state index in [4.69, 9.17) is 0 Å². The molecule has 0 radical (unpaired) electrons. The quantitative estimate of drug-likeness (QED) is 0.301. The predicted molar refractivity (Wildman–Crippen MR) is 57.7 cm³/mol. The van der Waals surface area contributed by atoms with E-state index in [0.717, 1.165) is 31.5 Å². The van der Waals surface area contributed by atoms with Crippen molar-refractivity contribution < 1.29 is 4.79 Å². The Labute approximate surface area is 82.2 Å². The molecule has 0 amide bonds. The van der Waals surface area contributed by atoms with Crippen molar-refractivity contribution in [3.05, 3.63) is 12.7 Å². The fraction of sp³-hybridized carbons (Fsp3) is 0.750. The number of carbonyl (C=O) groups excluding carboxylic acids is 1. The second-order valence-electron chi connectivity index (χ2n) is 3.78. The SMILES string of the molecule is C=CCCCC(C)CCCCC=O. The van der Waals surface area contributed by atoms with Crippen LogP contribution < -0.4 is 0 Å². The lowest BCUT2D eigenvalue weighted by molar-refractivity contribution is -0.107. The molecule has 0 saturated carbocycles. The van der Waals surface area contributed by atoms with Crippen LogP contribution in [0, 0.1) is 5.92 Å².